The fourth-order valence-corrected chi connectivity index (χ4v) is 4.36. The van der Waals surface area contributed by atoms with Crippen molar-refractivity contribution in [2.45, 2.75) is 19.3 Å². The van der Waals surface area contributed by atoms with Crippen molar-refractivity contribution in [3.05, 3.63) is 0 Å². The molecule has 0 aromatic rings. The monoisotopic (exact) mass is 533 g/mol. The first-order valence-electron chi connectivity index (χ1n) is 14.7. The van der Waals surface area contributed by atoms with E-state index < -0.39 is 0 Å². The van der Waals surface area contributed by atoms with Crippen molar-refractivity contribution in [2.75, 3.05) is 144 Å². The summed E-state index contributed by atoms with van der Waals surface area (Å²) < 4.78 is 0. The molecule has 0 unspecified atom stereocenters. The van der Waals surface area contributed by atoms with Crippen LogP contribution in [0.1, 0.15) is 19.3 Å². The van der Waals surface area contributed by atoms with Gasteiger partial charge in [-0.25, -0.2) is 0 Å². The van der Waals surface area contributed by atoms with E-state index in [1.54, 1.807) is 0 Å². The van der Waals surface area contributed by atoms with Crippen molar-refractivity contribution in [3.63, 3.8) is 0 Å². The summed E-state index contributed by atoms with van der Waals surface area (Å²) in [6.07, 6.45) is 3.47. The maximum absolute atomic E-state index is 5.81. The van der Waals surface area contributed by atoms with E-state index in [1.165, 1.54) is 12.8 Å². The van der Waals surface area contributed by atoms with Gasteiger partial charge in [0.1, 0.15) is 0 Å². The van der Waals surface area contributed by atoms with Crippen molar-refractivity contribution in [1.82, 2.24) is 30.2 Å². The molecule has 0 radical (unpaired) electrons. The second-order valence-corrected chi connectivity index (χ2v) is 9.66. The van der Waals surface area contributed by atoms with Crippen LogP contribution < -0.4 is 45.0 Å². The molecule has 0 saturated carbocycles. The van der Waals surface area contributed by atoms with Gasteiger partial charge in [0.15, 0.2) is 0 Å². The maximum Gasteiger partial charge on any atom is 0.0110 e. The zero-order chi connectivity index (χ0) is 27.4. The molecular weight excluding hydrogens is 468 g/mol. The fourth-order valence-electron chi connectivity index (χ4n) is 4.36. The summed E-state index contributed by atoms with van der Waals surface area (Å²) in [4.78, 5) is 9.85. The van der Waals surface area contributed by atoms with Crippen molar-refractivity contribution in [2.24, 2.45) is 34.4 Å². The lowest BCUT2D eigenvalue weighted by Gasteiger charge is -2.30. The van der Waals surface area contributed by atoms with Gasteiger partial charge in [0.05, 0.1) is 0 Å². The number of nitrogens with two attached hydrogens (primary N) is 6. The quantitative estimate of drug-likeness (QED) is 0.0423. The molecule has 0 amide bonds. The predicted octanol–water partition coefficient (Wildman–Crippen LogP) is -3.70. The minimum atomic E-state index is 0.669. The van der Waals surface area contributed by atoms with Crippen LogP contribution in [0.5, 0.6) is 0 Å². The van der Waals surface area contributed by atoms with Gasteiger partial charge in [-0.2, -0.15) is 0 Å². The van der Waals surface area contributed by atoms with Crippen LogP contribution in [0.25, 0.3) is 0 Å². The van der Waals surface area contributed by atoms with E-state index >= 15 is 0 Å². The molecule has 0 rings (SSSR count). The maximum atomic E-state index is 5.81. The van der Waals surface area contributed by atoms with E-state index in [1.807, 2.05) is 0 Å². The SMILES string of the molecule is NCCCCCN(CCN(CCN)CCN)CCN(CCNCCN)CCNCCN(CCN)CCN. The van der Waals surface area contributed by atoms with E-state index in [9.17, 15) is 0 Å². The summed E-state index contributed by atoms with van der Waals surface area (Å²) in [5.74, 6) is 0. The summed E-state index contributed by atoms with van der Waals surface area (Å²) >= 11 is 0. The predicted molar refractivity (Wildman–Crippen MR) is 160 cm³/mol. The highest BCUT2D eigenvalue weighted by molar-refractivity contribution is 4.70. The first-order valence-corrected chi connectivity index (χ1v) is 14.7. The lowest BCUT2D eigenvalue weighted by atomic mass is 10.2. The first kappa shape index (κ1) is 36.5. The highest BCUT2D eigenvalue weighted by atomic mass is 15.2. The number of unbranched alkanes of at least 4 members (excludes halogenated alkanes) is 2. The number of hydrogen-bond donors (Lipinski definition) is 8. The molecule has 0 spiro atoms. The molecule has 12 heteroatoms. The Morgan fingerprint density at radius 2 is 0.676 bits per heavy atom. The van der Waals surface area contributed by atoms with Gasteiger partial charge in [0.2, 0.25) is 0 Å². The average molecular weight is 533 g/mol. The minimum absolute atomic E-state index is 0.669. The zero-order valence-corrected chi connectivity index (χ0v) is 23.9. The van der Waals surface area contributed by atoms with Crippen molar-refractivity contribution in [3.8, 4) is 0 Å². The van der Waals surface area contributed by atoms with Gasteiger partial charge in [0, 0.05) is 131 Å². The molecule has 0 aromatic heterocycles. The molecule has 37 heavy (non-hydrogen) atoms. The molecule has 0 aliphatic heterocycles. The van der Waals surface area contributed by atoms with Crippen LogP contribution in [-0.2, 0) is 0 Å². The Bertz CT molecular complexity index is 434. The Kier molecular flexibility index (Phi) is 28.2. The van der Waals surface area contributed by atoms with Gasteiger partial charge in [-0.3, -0.25) is 14.7 Å². The van der Waals surface area contributed by atoms with Gasteiger partial charge in [-0.05, 0) is 25.9 Å². The van der Waals surface area contributed by atoms with Crippen molar-refractivity contribution >= 4 is 0 Å². The molecule has 0 bridgehead atoms. The molecule has 0 heterocycles. The summed E-state index contributed by atoms with van der Waals surface area (Å²) in [6, 6.07) is 0. The lowest BCUT2D eigenvalue weighted by Crippen LogP contribution is -2.45. The van der Waals surface area contributed by atoms with Crippen molar-refractivity contribution in [1.29, 1.82) is 0 Å². The summed E-state index contributed by atoms with van der Waals surface area (Å²) in [7, 11) is 0. The Morgan fingerprint density at radius 1 is 0.297 bits per heavy atom. The second kappa shape index (κ2) is 28.5. The van der Waals surface area contributed by atoms with E-state index in [0.717, 1.165) is 118 Å². The van der Waals surface area contributed by atoms with Gasteiger partial charge in [0.25, 0.3) is 0 Å². The molecule has 0 fully saturated rings. The Balaban J connectivity index is 4.75. The van der Waals surface area contributed by atoms with Gasteiger partial charge < -0.3 is 49.9 Å². The molecule has 0 aliphatic carbocycles. The van der Waals surface area contributed by atoms with Crippen LogP contribution in [0, 0.1) is 0 Å². The molecule has 0 atom stereocenters. The average Bonchev–Trinajstić information content (AvgIpc) is 2.89. The second-order valence-electron chi connectivity index (χ2n) is 9.66. The topological polar surface area (TPSA) is 193 Å². The molecule has 14 N–H and O–H groups in total. The van der Waals surface area contributed by atoms with Crippen LogP contribution in [0.4, 0.5) is 0 Å². The van der Waals surface area contributed by atoms with E-state index in [-0.39, 0.29) is 0 Å². The van der Waals surface area contributed by atoms with Crippen molar-refractivity contribution < 1.29 is 0 Å². The van der Waals surface area contributed by atoms with Crippen LogP contribution in [0.3, 0.4) is 0 Å². The number of nitrogens with one attached hydrogen (secondary N) is 2. The molecule has 224 valence electrons. The van der Waals surface area contributed by atoms with Gasteiger partial charge in [-0.1, -0.05) is 6.42 Å². The lowest BCUT2D eigenvalue weighted by molar-refractivity contribution is 0.175. The normalized spacial score (nSPS) is 12.2. The Labute approximate surface area is 228 Å². The molecular formula is C25H64N12. The molecule has 0 aromatic carbocycles. The number of hydrogen-bond acceptors (Lipinski definition) is 12. The van der Waals surface area contributed by atoms with Gasteiger partial charge >= 0.3 is 0 Å². The first-order chi connectivity index (χ1) is 18.1. The van der Waals surface area contributed by atoms with Crippen LogP contribution in [-0.4, -0.2) is 164 Å². The summed E-state index contributed by atoms with van der Waals surface area (Å²) in [5.41, 5.74) is 34.4. The summed E-state index contributed by atoms with van der Waals surface area (Å²) in [5, 5.41) is 7.05. The molecule has 12 nitrogen and oxygen atoms in total. The third-order valence-corrected chi connectivity index (χ3v) is 6.56. The molecule has 0 saturated heterocycles. The van der Waals surface area contributed by atoms with Crippen LogP contribution >= 0.6 is 0 Å². The van der Waals surface area contributed by atoms with Gasteiger partial charge in [-0.15, -0.1) is 0 Å². The largest absolute Gasteiger partial charge is 0.330 e. The van der Waals surface area contributed by atoms with E-state index in [2.05, 4.69) is 30.2 Å². The zero-order valence-electron chi connectivity index (χ0n) is 23.9. The standard InChI is InChI=1S/C25H64N12/c26-4-2-1-3-14-34(22-24-36(17-8-30)18-9-31)23-25-37(20-11-32-10-5-27)21-13-33-12-19-35(15-6-28)16-7-29/h32-33H,1-31H2. The highest BCUT2D eigenvalue weighted by Gasteiger charge is 2.12. The smallest absolute Gasteiger partial charge is 0.0110 e. The van der Waals surface area contributed by atoms with E-state index in [4.69, 9.17) is 34.4 Å². The number of nitrogens with zero attached hydrogens (tertiary/aromatic N) is 4. The highest BCUT2D eigenvalue weighted by Crippen LogP contribution is 2.01. The third-order valence-electron chi connectivity index (χ3n) is 6.56. The van der Waals surface area contributed by atoms with Crippen LogP contribution in [0.2, 0.25) is 0 Å². The van der Waals surface area contributed by atoms with Crippen LogP contribution in [0.15, 0.2) is 0 Å². The number of rotatable bonds is 30. The minimum Gasteiger partial charge on any atom is -0.330 e. The summed E-state index contributed by atoms with van der Waals surface area (Å²) in [6.45, 7) is 19.7. The molecule has 0 aliphatic rings. The fraction of sp³-hybridized carbons (Fsp3) is 1.00. The van der Waals surface area contributed by atoms with E-state index in [0.29, 0.717) is 32.7 Å². The third kappa shape index (κ3) is 23.2. The Hall–Kier alpha value is -0.480. The Morgan fingerprint density at radius 3 is 1.08 bits per heavy atom.